The fraction of sp³-hybridized carbons (Fsp3) is 0.500. The third-order valence-corrected chi connectivity index (χ3v) is 6.45. The Morgan fingerprint density at radius 3 is 2.62 bits per heavy atom. The molecular formula is C26H35N3O5. The zero-order chi connectivity index (χ0) is 24.7. The summed E-state index contributed by atoms with van der Waals surface area (Å²) in [4.78, 5) is 28.3. The average Bonchev–Trinajstić information content (AvgIpc) is 3.23. The summed E-state index contributed by atoms with van der Waals surface area (Å²) in [5.41, 5.74) is 1.99. The third-order valence-electron chi connectivity index (χ3n) is 6.45. The number of ether oxygens (including phenoxy) is 2. The topological polar surface area (TPSA) is 85.2 Å². The summed E-state index contributed by atoms with van der Waals surface area (Å²) in [6.07, 6.45) is 0. The summed E-state index contributed by atoms with van der Waals surface area (Å²) >= 11 is 0. The van der Waals surface area contributed by atoms with Crippen molar-refractivity contribution in [1.29, 1.82) is 0 Å². The normalized spacial score (nSPS) is 18.3. The van der Waals surface area contributed by atoms with Crippen LogP contribution in [0.15, 0.2) is 48.5 Å². The van der Waals surface area contributed by atoms with Gasteiger partial charge in [0.1, 0.15) is 5.75 Å². The molecule has 34 heavy (non-hydrogen) atoms. The number of nitrogens with zero attached hydrogens (tertiary/aromatic N) is 3. The highest BCUT2D eigenvalue weighted by Crippen LogP contribution is 2.36. The van der Waals surface area contributed by atoms with Crippen molar-refractivity contribution in [2.45, 2.75) is 26.3 Å². The molecule has 1 fully saturated rings. The van der Waals surface area contributed by atoms with E-state index in [2.05, 4.69) is 17.0 Å². The maximum absolute atomic E-state index is 12.9. The summed E-state index contributed by atoms with van der Waals surface area (Å²) in [6, 6.07) is 15.0. The summed E-state index contributed by atoms with van der Waals surface area (Å²) < 4.78 is 10.7. The highest BCUT2D eigenvalue weighted by Gasteiger charge is 2.36. The lowest BCUT2D eigenvalue weighted by atomic mass is 9.88. The molecule has 0 aromatic heterocycles. The monoisotopic (exact) mass is 469 g/mol. The van der Waals surface area contributed by atoms with E-state index >= 15 is 0 Å². The number of hydrogen-bond donors (Lipinski definition) is 0. The third kappa shape index (κ3) is 6.33. The van der Waals surface area contributed by atoms with Crippen LogP contribution in [0.4, 0.5) is 5.69 Å². The molecule has 2 aromatic rings. The minimum absolute atomic E-state index is 0.100. The first kappa shape index (κ1) is 25.6. The van der Waals surface area contributed by atoms with Crippen LogP contribution in [0.1, 0.15) is 30.9 Å². The number of nitro benzene ring substituents is 1. The van der Waals surface area contributed by atoms with Gasteiger partial charge in [0.25, 0.3) is 5.69 Å². The van der Waals surface area contributed by atoms with Gasteiger partial charge in [0, 0.05) is 63.3 Å². The van der Waals surface area contributed by atoms with E-state index in [1.807, 2.05) is 43.0 Å². The second-order valence-electron chi connectivity index (χ2n) is 9.15. The molecule has 0 N–H and O–H groups in total. The summed E-state index contributed by atoms with van der Waals surface area (Å²) in [5, 5.41) is 11.5. The van der Waals surface area contributed by atoms with Gasteiger partial charge in [-0.15, -0.1) is 0 Å². The van der Waals surface area contributed by atoms with Crippen molar-refractivity contribution in [3.8, 4) is 5.75 Å². The van der Waals surface area contributed by atoms with E-state index in [9.17, 15) is 14.9 Å². The van der Waals surface area contributed by atoms with E-state index in [-0.39, 0.29) is 34.3 Å². The summed E-state index contributed by atoms with van der Waals surface area (Å²) in [7, 11) is 3.29. The Morgan fingerprint density at radius 2 is 1.94 bits per heavy atom. The zero-order valence-electron chi connectivity index (χ0n) is 20.5. The van der Waals surface area contributed by atoms with Crippen LogP contribution in [0, 0.1) is 22.0 Å². The Bertz CT molecular complexity index is 980. The fourth-order valence-electron chi connectivity index (χ4n) is 4.73. The Morgan fingerprint density at radius 1 is 1.18 bits per heavy atom. The van der Waals surface area contributed by atoms with Crippen LogP contribution in [0.3, 0.4) is 0 Å². The van der Waals surface area contributed by atoms with E-state index in [0.717, 1.165) is 24.4 Å². The molecule has 3 rings (SSSR count). The van der Waals surface area contributed by atoms with Crippen LogP contribution in [-0.2, 0) is 16.1 Å². The van der Waals surface area contributed by atoms with Crippen molar-refractivity contribution < 1.29 is 19.2 Å². The summed E-state index contributed by atoms with van der Waals surface area (Å²) in [6.45, 7) is 7.43. The van der Waals surface area contributed by atoms with Gasteiger partial charge in [-0.1, -0.05) is 44.2 Å². The lowest BCUT2D eigenvalue weighted by Crippen LogP contribution is -2.41. The molecule has 0 bridgehead atoms. The van der Waals surface area contributed by atoms with Crippen LogP contribution in [0.5, 0.6) is 5.75 Å². The van der Waals surface area contributed by atoms with Gasteiger partial charge < -0.3 is 14.4 Å². The minimum Gasteiger partial charge on any atom is -0.497 e. The van der Waals surface area contributed by atoms with Gasteiger partial charge in [-0.25, -0.2) is 0 Å². The van der Waals surface area contributed by atoms with Gasteiger partial charge in [0.05, 0.1) is 18.6 Å². The Labute approximate surface area is 201 Å². The molecule has 1 amide bonds. The van der Waals surface area contributed by atoms with E-state index in [4.69, 9.17) is 9.47 Å². The smallest absolute Gasteiger partial charge is 0.273 e. The highest BCUT2D eigenvalue weighted by atomic mass is 16.6. The Hall–Kier alpha value is -2.97. The Balaban J connectivity index is 1.87. The van der Waals surface area contributed by atoms with E-state index < -0.39 is 0 Å². The number of methoxy groups -OCH3 is 2. The number of nitro groups is 1. The molecule has 2 aromatic carbocycles. The van der Waals surface area contributed by atoms with Crippen LogP contribution < -0.4 is 4.74 Å². The standard InChI is InChI=1S/C26H35N3O5/c1-19(2)26(30)28(12-13-33-3)17-22-16-27(15-21-8-5-6-11-25(21)29(31)32)18-24(22)20-9-7-10-23(14-20)34-4/h5-11,14,19,22,24H,12-13,15-18H2,1-4H3/t22-,24-/m1/s1. The number of carbonyl (C=O) groups is 1. The molecule has 0 spiro atoms. The molecule has 8 nitrogen and oxygen atoms in total. The number of likely N-dealkylation sites (tertiary alicyclic amines) is 1. The second-order valence-corrected chi connectivity index (χ2v) is 9.15. The maximum Gasteiger partial charge on any atom is 0.273 e. The zero-order valence-corrected chi connectivity index (χ0v) is 20.5. The van der Waals surface area contributed by atoms with Gasteiger partial charge in [0.15, 0.2) is 0 Å². The second kappa shape index (κ2) is 11.9. The predicted molar refractivity (Wildman–Crippen MR) is 131 cm³/mol. The minimum atomic E-state index is -0.323. The van der Waals surface area contributed by atoms with Crippen molar-refractivity contribution in [1.82, 2.24) is 9.80 Å². The van der Waals surface area contributed by atoms with Crippen LogP contribution in [0.2, 0.25) is 0 Å². The molecule has 8 heteroatoms. The molecule has 0 unspecified atom stereocenters. The van der Waals surface area contributed by atoms with Gasteiger partial charge in [-0.05, 0) is 23.6 Å². The van der Waals surface area contributed by atoms with Gasteiger partial charge in [-0.3, -0.25) is 19.8 Å². The van der Waals surface area contributed by atoms with Crippen molar-refractivity contribution in [2.24, 2.45) is 11.8 Å². The molecule has 184 valence electrons. The fourth-order valence-corrected chi connectivity index (χ4v) is 4.73. The maximum atomic E-state index is 12.9. The van der Waals surface area contributed by atoms with E-state index in [1.165, 1.54) is 0 Å². The van der Waals surface area contributed by atoms with Gasteiger partial charge in [-0.2, -0.15) is 0 Å². The molecular weight excluding hydrogens is 434 g/mol. The lowest BCUT2D eigenvalue weighted by molar-refractivity contribution is -0.385. The Kier molecular flexibility index (Phi) is 9.01. The molecule has 2 atom stereocenters. The predicted octanol–water partition coefficient (Wildman–Crippen LogP) is 3.95. The van der Waals surface area contributed by atoms with E-state index in [0.29, 0.717) is 31.8 Å². The number of hydrogen-bond acceptors (Lipinski definition) is 6. The molecule has 0 saturated carbocycles. The molecule has 1 aliphatic heterocycles. The first-order valence-electron chi connectivity index (χ1n) is 11.7. The van der Waals surface area contributed by atoms with Crippen LogP contribution in [-0.4, -0.2) is 67.6 Å². The molecule has 0 aliphatic carbocycles. The van der Waals surface area contributed by atoms with Gasteiger partial charge >= 0.3 is 0 Å². The number of amides is 1. The van der Waals surface area contributed by atoms with Gasteiger partial charge in [0.2, 0.25) is 5.91 Å². The SMILES string of the molecule is COCCN(C[C@H]1CN(Cc2ccccc2[N+](=O)[O-])C[C@@H]1c1cccc(OC)c1)C(=O)C(C)C. The number of carbonyl (C=O) groups excluding carboxylic acids is 1. The molecule has 1 saturated heterocycles. The highest BCUT2D eigenvalue weighted by molar-refractivity contribution is 5.78. The quantitative estimate of drug-likeness (QED) is 0.366. The molecule has 0 radical (unpaired) electrons. The lowest BCUT2D eigenvalue weighted by Gasteiger charge is -2.30. The van der Waals surface area contributed by atoms with Crippen LogP contribution in [0.25, 0.3) is 0 Å². The van der Waals surface area contributed by atoms with Crippen LogP contribution >= 0.6 is 0 Å². The average molecular weight is 470 g/mol. The first-order valence-corrected chi connectivity index (χ1v) is 11.7. The summed E-state index contributed by atoms with van der Waals surface area (Å²) in [5.74, 6) is 1.15. The van der Waals surface area contributed by atoms with Crippen molar-refractivity contribution >= 4 is 11.6 Å². The van der Waals surface area contributed by atoms with Crippen molar-refractivity contribution in [2.75, 3.05) is 47.0 Å². The van der Waals surface area contributed by atoms with Crippen molar-refractivity contribution in [3.05, 3.63) is 69.8 Å². The number of para-hydroxylation sites is 1. The number of rotatable bonds is 11. The molecule has 1 aliphatic rings. The van der Waals surface area contributed by atoms with E-state index in [1.54, 1.807) is 26.4 Å². The van der Waals surface area contributed by atoms with Crippen molar-refractivity contribution in [3.63, 3.8) is 0 Å². The molecule has 1 heterocycles. The number of benzene rings is 2. The first-order chi connectivity index (χ1) is 16.3. The largest absolute Gasteiger partial charge is 0.497 e.